The number of carbonyl (C=O) groups excluding carboxylic acids is 2. The van der Waals surface area contributed by atoms with Crippen molar-refractivity contribution in [3.05, 3.63) is 53.6 Å². The lowest BCUT2D eigenvalue weighted by molar-refractivity contribution is -0.136. The van der Waals surface area contributed by atoms with Gasteiger partial charge in [0.05, 0.1) is 0 Å². The molecule has 0 spiro atoms. The molecule has 3 rings (SSSR count). The van der Waals surface area contributed by atoms with Gasteiger partial charge in [-0.1, -0.05) is 31.5 Å². The first-order chi connectivity index (χ1) is 13.2. The standard InChI is InChI=1S/C21H24N2O4/c1-2-3-4-15-5-8-17(9-6-15)23-21(25)20(24)22-12-11-16-7-10-18-19(13-16)27-14-26-18/h5-10,13H,2-4,11-12,14H2,1H3,(H,22,24)(H,23,25). The molecule has 0 fully saturated rings. The Morgan fingerprint density at radius 3 is 2.44 bits per heavy atom. The molecule has 2 amide bonds. The van der Waals surface area contributed by atoms with E-state index in [0.29, 0.717) is 24.4 Å². The Labute approximate surface area is 158 Å². The second kappa shape index (κ2) is 9.07. The topological polar surface area (TPSA) is 76.7 Å². The zero-order chi connectivity index (χ0) is 19.1. The number of nitrogens with one attached hydrogen (secondary N) is 2. The van der Waals surface area contributed by atoms with Gasteiger partial charge in [0.2, 0.25) is 6.79 Å². The summed E-state index contributed by atoms with van der Waals surface area (Å²) in [5, 5.41) is 5.26. The predicted octanol–water partition coefficient (Wildman–Crippen LogP) is 3.06. The van der Waals surface area contributed by atoms with Crippen LogP contribution in [0.15, 0.2) is 42.5 Å². The zero-order valence-electron chi connectivity index (χ0n) is 15.4. The van der Waals surface area contributed by atoms with E-state index in [2.05, 4.69) is 17.6 Å². The summed E-state index contributed by atoms with van der Waals surface area (Å²) in [6.45, 7) is 2.75. The molecule has 0 unspecified atom stereocenters. The molecule has 2 aromatic carbocycles. The van der Waals surface area contributed by atoms with Crippen molar-refractivity contribution in [2.45, 2.75) is 32.6 Å². The summed E-state index contributed by atoms with van der Waals surface area (Å²) in [7, 11) is 0. The fraction of sp³-hybridized carbons (Fsp3) is 0.333. The van der Waals surface area contributed by atoms with Gasteiger partial charge >= 0.3 is 11.8 Å². The van der Waals surface area contributed by atoms with Crippen LogP contribution in [0.4, 0.5) is 5.69 Å². The number of rotatable bonds is 7. The van der Waals surface area contributed by atoms with E-state index in [9.17, 15) is 9.59 Å². The van der Waals surface area contributed by atoms with Gasteiger partial charge < -0.3 is 20.1 Å². The Hall–Kier alpha value is -3.02. The van der Waals surface area contributed by atoms with E-state index in [1.165, 1.54) is 5.56 Å². The van der Waals surface area contributed by atoms with Gasteiger partial charge in [0, 0.05) is 12.2 Å². The van der Waals surface area contributed by atoms with Crippen molar-refractivity contribution in [1.82, 2.24) is 5.32 Å². The van der Waals surface area contributed by atoms with E-state index in [4.69, 9.17) is 9.47 Å². The van der Waals surface area contributed by atoms with Gasteiger partial charge in [0.15, 0.2) is 11.5 Å². The van der Waals surface area contributed by atoms with Crippen LogP contribution in [-0.4, -0.2) is 25.2 Å². The summed E-state index contributed by atoms with van der Waals surface area (Å²) < 4.78 is 10.6. The van der Waals surface area contributed by atoms with E-state index in [1.807, 2.05) is 42.5 Å². The van der Waals surface area contributed by atoms with E-state index >= 15 is 0 Å². The van der Waals surface area contributed by atoms with Gasteiger partial charge in [-0.2, -0.15) is 0 Å². The first kappa shape index (κ1) is 18.8. The first-order valence-corrected chi connectivity index (χ1v) is 9.22. The van der Waals surface area contributed by atoms with E-state index in [1.54, 1.807) is 0 Å². The molecular formula is C21H24N2O4. The van der Waals surface area contributed by atoms with E-state index < -0.39 is 11.8 Å². The largest absolute Gasteiger partial charge is 0.454 e. The van der Waals surface area contributed by atoms with Crippen LogP contribution in [0.25, 0.3) is 0 Å². The van der Waals surface area contributed by atoms with Gasteiger partial charge in [-0.25, -0.2) is 0 Å². The molecule has 6 heteroatoms. The van der Waals surface area contributed by atoms with Gasteiger partial charge in [0.1, 0.15) is 0 Å². The summed E-state index contributed by atoms with van der Waals surface area (Å²) >= 11 is 0. The predicted molar refractivity (Wildman–Crippen MR) is 103 cm³/mol. The SMILES string of the molecule is CCCCc1ccc(NC(=O)C(=O)NCCc2ccc3c(c2)OCO3)cc1. The quantitative estimate of drug-likeness (QED) is 0.737. The second-order valence-electron chi connectivity index (χ2n) is 6.45. The molecular weight excluding hydrogens is 344 g/mol. The van der Waals surface area contributed by atoms with Crippen LogP contribution in [0.2, 0.25) is 0 Å². The number of unbranched alkanes of at least 4 members (excludes halogenated alkanes) is 1. The van der Waals surface area contributed by atoms with Crippen LogP contribution < -0.4 is 20.1 Å². The lowest BCUT2D eigenvalue weighted by atomic mass is 10.1. The van der Waals surface area contributed by atoms with Crippen LogP contribution in [0.5, 0.6) is 11.5 Å². The monoisotopic (exact) mass is 368 g/mol. The zero-order valence-corrected chi connectivity index (χ0v) is 15.4. The first-order valence-electron chi connectivity index (χ1n) is 9.22. The summed E-state index contributed by atoms with van der Waals surface area (Å²) in [5.74, 6) is 0.120. The Morgan fingerprint density at radius 2 is 1.67 bits per heavy atom. The fourth-order valence-electron chi connectivity index (χ4n) is 2.82. The Morgan fingerprint density at radius 1 is 0.926 bits per heavy atom. The number of amides is 2. The molecule has 0 bridgehead atoms. The minimum atomic E-state index is -0.665. The maximum Gasteiger partial charge on any atom is 0.313 e. The average molecular weight is 368 g/mol. The van der Waals surface area contributed by atoms with Gasteiger partial charge in [-0.05, 0) is 54.7 Å². The molecule has 2 N–H and O–H groups in total. The van der Waals surface area contributed by atoms with Crippen molar-refractivity contribution in [1.29, 1.82) is 0 Å². The van der Waals surface area contributed by atoms with Crippen molar-refractivity contribution < 1.29 is 19.1 Å². The molecule has 142 valence electrons. The van der Waals surface area contributed by atoms with Crippen molar-refractivity contribution in [3.63, 3.8) is 0 Å². The molecule has 1 aliphatic heterocycles. The lowest BCUT2D eigenvalue weighted by Gasteiger charge is -2.08. The Balaban J connectivity index is 1.43. The van der Waals surface area contributed by atoms with Crippen LogP contribution in [0.3, 0.4) is 0 Å². The number of benzene rings is 2. The summed E-state index contributed by atoms with van der Waals surface area (Å²) in [6.07, 6.45) is 3.90. The maximum atomic E-state index is 12.0. The van der Waals surface area contributed by atoms with Crippen molar-refractivity contribution in [2.24, 2.45) is 0 Å². The molecule has 2 aromatic rings. The Bertz CT molecular complexity index is 802. The maximum absolute atomic E-state index is 12.0. The third-order valence-corrected chi connectivity index (χ3v) is 4.37. The second-order valence-corrected chi connectivity index (χ2v) is 6.45. The van der Waals surface area contributed by atoms with Gasteiger partial charge in [-0.15, -0.1) is 0 Å². The lowest BCUT2D eigenvalue weighted by Crippen LogP contribution is -2.36. The minimum absolute atomic E-state index is 0.231. The van der Waals surface area contributed by atoms with Crippen molar-refractivity contribution in [2.75, 3.05) is 18.7 Å². The van der Waals surface area contributed by atoms with Gasteiger partial charge in [-0.3, -0.25) is 9.59 Å². The summed E-state index contributed by atoms with van der Waals surface area (Å²) in [5.41, 5.74) is 2.84. The molecule has 0 radical (unpaired) electrons. The average Bonchev–Trinajstić information content (AvgIpc) is 3.15. The number of hydrogen-bond donors (Lipinski definition) is 2. The number of aryl methyl sites for hydroxylation is 1. The highest BCUT2D eigenvalue weighted by Crippen LogP contribution is 2.32. The molecule has 0 atom stereocenters. The third kappa shape index (κ3) is 5.23. The molecule has 0 aromatic heterocycles. The number of ether oxygens (including phenoxy) is 2. The van der Waals surface area contributed by atoms with Gasteiger partial charge in [0.25, 0.3) is 0 Å². The minimum Gasteiger partial charge on any atom is -0.454 e. The highest BCUT2D eigenvalue weighted by Gasteiger charge is 2.15. The van der Waals surface area contributed by atoms with Crippen molar-refractivity contribution in [3.8, 4) is 11.5 Å². The van der Waals surface area contributed by atoms with Crippen LogP contribution in [0, 0.1) is 0 Å². The highest BCUT2D eigenvalue weighted by molar-refractivity contribution is 6.39. The Kier molecular flexibility index (Phi) is 6.30. The van der Waals surface area contributed by atoms with Crippen LogP contribution >= 0.6 is 0 Å². The molecule has 0 saturated carbocycles. The highest BCUT2D eigenvalue weighted by atomic mass is 16.7. The summed E-state index contributed by atoms with van der Waals surface area (Å²) in [6, 6.07) is 13.2. The van der Waals surface area contributed by atoms with Crippen molar-refractivity contribution >= 4 is 17.5 Å². The third-order valence-electron chi connectivity index (χ3n) is 4.37. The van der Waals surface area contributed by atoms with Crippen LogP contribution in [-0.2, 0) is 22.4 Å². The normalized spacial score (nSPS) is 11.9. The number of carbonyl (C=O) groups is 2. The van der Waals surface area contributed by atoms with E-state index in [-0.39, 0.29) is 6.79 Å². The molecule has 1 aliphatic rings. The number of anilines is 1. The molecule has 27 heavy (non-hydrogen) atoms. The molecule has 1 heterocycles. The number of fused-ring (bicyclic) bond motifs is 1. The fourth-order valence-corrected chi connectivity index (χ4v) is 2.82. The number of hydrogen-bond acceptors (Lipinski definition) is 4. The van der Waals surface area contributed by atoms with Crippen LogP contribution in [0.1, 0.15) is 30.9 Å². The molecule has 0 aliphatic carbocycles. The smallest absolute Gasteiger partial charge is 0.313 e. The molecule has 6 nitrogen and oxygen atoms in total. The van der Waals surface area contributed by atoms with E-state index in [0.717, 1.165) is 30.6 Å². The summed E-state index contributed by atoms with van der Waals surface area (Å²) in [4.78, 5) is 24.0. The molecule has 0 saturated heterocycles.